The Morgan fingerprint density at radius 1 is 0.889 bits per heavy atom. The quantitative estimate of drug-likeness (QED) is 0.224. The number of hydrogen-bond donors (Lipinski definition) is 0. The monoisotopic (exact) mass is 248 g/mol. The molecular weight excluding hydrogens is 216 g/mol. The van der Waals surface area contributed by atoms with E-state index in [0.29, 0.717) is 0 Å². The maximum atomic E-state index is 3.30. The van der Waals surface area contributed by atoms with Gasteiger partial charge in [-0.2, -0.15) is 0 Å². The zero-order valence-electron chi connectivity index (χ0n) is 12.8. The fourth-order valence-electron chi connectivity index (χ4n) is 1.88. The molecule has 104 valence electrons. The molecule has 1 unspecified atom stereocenters. The Hall–Kier alpha value is -0.740. The van der Waals surface area contributed by atoms with Crippen molar-refractivity contribution in [1.82, 2.24) is 0 Å². The molecule has 0 saturated heterocycles. The summed E-state index contributed by atoms with van der Waals surface area (Å²) in [4.78, 5) is 0. The molecule has 0 nitrogen and oxygen atoms in total. The van der Waals surface area contributed by atoms with E-state index in [4.69, 9.17) is 0 Å². The third-order valence-corrected chi connectivity index (χ3v) is 3.12. The molecule has 0 radical (unpaired) electrons. The van der Waals surface area contributed by atoms with Gasteiger partial charge in [-0.05, 0) is 56.6 Å². The molecular formula is C18H32. The summed E-state index contributed by atoms with van der Waals surface area (Å²) in [6, 6.07) is 0. The second kappa shape index (κ2) is 14.3. The zero-order valence-corrected chi connectivity index (χ0v) is 12.8. The number of hydrogen-bond acceptors (Lipinski definition) is 0. The molecule has 0 N–H and O–H groups in total. The molecule has 0 spiro atoms. The van der Waals surface area contributed by atoms with Gasteiger partial charge in [-0.1, -0.05) is 52.2 Å². The van der Waals surface area contributed by atoms with E-state index in [-0.39, 0.29) is 0 Å². The molecule has 0 amide bonds. The third-order valence-electron chi connectivity index (χ3n) is 3.12. The van der Waals surface area contributed by atoms with Gasteiger partial charge in [0.25, 0.3) is 0 Å². The Labute approximate surface area is 115 Å². The summed E-state index contributed by atoms with van der Waals surface area (Å²) in [5, 5.41) is 0. The first-order valence-electron chi connectivity index (χ1n) is 7.87. The summed E-state index contributed by atoms with van der Waals surface area (Å²) in [6.45, 7) is 6.79. The van der Waals surface area contributed by atoms with Crippen LogP contribution >= 0.6 is 0 Å². The molecule has 0 aromatic heterocycles. The molecule has 0 heteroatoms. The SMILES string of the molecule is CCCC=CC(C)CCCC=C=CCCCCC. The van der Waals surface area contributed by atoms with Crippen molar-refractivity contribution in [3.8, 4) is 0 Å². The van der Waals surface area contributed by atoms with E-state index in [0.717, 1.165) is 5.92 Å². The molecule has 0 rings (SSSR count). The van der Waals surface area contributed by atoms with Crippen molar-refractivity contribution in [3.05, 3.63) is 30.0 Å². The van der Waals surface area contributed by atoms with Crippen LogP contribution in [0.25, 0.3) is 0 Å². The van der Waals surface area contributed by atoms with Crippen molar-refractivity contribution in [2.75, 3.05) is 0 Å². The zero-order chi connectivity index (χ0) is 13.5. The largest absolute Gasteiger partial charge is 0.130 e. The molecule has 0 heterocycles. The number of unbranched alkanes of at least 4 members (excludes halogenated alkanes) is 5. The van der Waals surface area contributed by atoms with Crippen LogP contribution in [0.5, 0.6) is 0 Å². The molecule has 18 heavy (non-hydrogen) atoms. The lowest BCUT2D eigenvalue weighted by molar-refractivity contribution is 0.610. The van der Waals surface area contributed by atoms with Crippen LogP contribution in [0.4, 0.5) is 0 Å². The van der Waals surface area contributed by atoms with Crippen molar-refractivity contribution in [2.45, 2.75) is 78.6 Å². The van der Waals surface area contributed by atoms with Crippen molar-refractivity contribution in [3.63, 3.8) is 0 Å². The van der Waals surface area contributed by atoms with Gasteiger partial charge in [-0.15, -0.1) is 5.73 Å². The molecule has 0 aliphatic heterocycles. The van der Waals surface area contributed by atoms with Gasteiger partial charge in [0, 0.05) is 0 Å². The van der Waals surface area contributed by atoms with E-state index >= 15 is 0 Å². The van der Waals surface area contributed by atoms with E-state index in [9.17, 15) is 0 Å². The summed E-state index contributed by atoms with van der Waals surface area (Å²) >= 11 is 0. The Bertz CT molecular complexity index is 241. The molecule has 0 saturated carbocycles. The third kappa shape index (κ3) is 13.3. The lowest BCUT2D eigenvalue weighted by Crippen LogP contribution is -1.88. The van der Waals surface area contributed by atoms with E-state index in [1.807, 2.05) is 0 Å². The van der Waals surface area contributed by atoms with Crippen LogP contribution in [0.15, 0.2) is 30.0 Å². The van der Waals surface area contributed by atoms with Gasteiger partial charge in [0.15, 0.2) is 0 Å². The summed E-state index contributed by atoms with van der Waals surface area (Å²) in [6.07, 6.45) is 20.5. The Morgan fingerprint density at radius 3 is 2.28 bits per heavy atom. The van der Waals surface area contributed by atoms with Crippen LogP contribution in [0.1, 0.15) is 78.6 Å². The topological polar surface area (TPSA) is 0 Å². The van der Waals surface area contributed by atoms with Crippen molar-refractivity contribution < 1.29 is 0 Å². The van der Waals surface area contributed by atoms with E-state index < -0.39 is 0 Å². The Balaban J connectivity index is 3.45. The second-order valence-corrected chi connectivity index (χ2v) is 5.20. The van der Waals surface area contributed by atoms with Crippen LogP contribution in [0.2, 0.25) is 0 Å². The molecule has 0 bridgehead atoms. The second-order valence-electron chi connectivity index (χ2n) is 5.20. The minimum Gasteiger partial charge on any atom is -0.130 e. The van der Waals surface area contributed by atoms with Crippen LogP contribution in [0, 0.1) is 5.92 Å². The molecule has 0 aliphatic rings. The summed E-state index contributed by atoms with van der Waals surface area (Å²) in [5.74, 6) is 0.735. The summed E-state index contributed by atoms with van der Waals surface area (Å²) < 4.78 is 0. The Morgan fingerprint density at radius 2 is 1.61 bits per heavy atom. The summed E-state index contributed by atoms with van der Waals surface area (Å²) in [7, 11) is 0. The van der Waals surface area contributed by atoms with Crippen LogP contribution in [-0.2, 0) is 0 Å². The predicted octanol–water partition coefficient (Wildman–Crippen LogP) is 6.44. The van der Waals surface area contributed by atoms with E-state index in [1.165, 1.54) is 57.8 Å². The highest BCUT2D eigenvalue weighted by Gasteiger charge is 1.94. The standard InChI is InChI=1S/C18H32/c1-4-6-8-9-10-11-12-13-15-17-18(3)16-14-7-5-2/h10,12,14,16,18H,4-9,13,15,17H2,1-3H3. The maximum absolute atomic E-state index is 3.30. The Kier molecular flexibility index (Phi) is 13.7. The van der Waals surface area contributed by atoms with Gasteiger partial charge in [0.2, 0.25) is 0 Å². The highest BCUT2D eigenvalue weighted by atomic mass is 14.0. The maximum Gasteiger partial charge on any atom is -0.0262 e. The van der Waals surface area contributed by atoms with Gasteiger partial charge >= 0.3 is 0 Å². The van der Waals surface area contributed by atoms with Crippen molar-refractivity contribution >= 4 is 0 Å². The molecule has 0 aromatic carbocycles. The van der Waals surface area contributed by atoms with Gasteiger partial charge < -0.3 is 0 Å². The minimum absolute atomic E-state index is 0.735. The minimum atomic E-state index is 0.735. The highest BCUT2D eigenvalue weighted by Crippen LogP contribution is 2.10. The first-order valence-corrected chi connectivity index (χ1v) is 7.87. The first kappa shape index (κ1) is 17.3. The molecule has 0 aliphatic carbocycles. The normalized spacial score (nSPS) is 12.4. The van der Waals surface area contributed by atoms with Gasteiger partial charge in [-0.25, -0.2) is 0 Å². The van der Waals surface area contributed by atoms with Crippen molar-refractivity contribution in [1.29, 1.82) is 0 Å². The summed E-state index contributed by atoms with van der Waals surface area (Å²) in [5.41, 5.74) is 3.30. The lowest BCUT2D eigenvalue weighted by atomic mass is 10.0. The predicted molar refractivity (Wildman–Crippen MR) is 83.9 cm³/mol. The highest BCUT2D eigenvalue weighted by molar-refractivity contribution is 4.88. The molecule has 1 atom stereocenters. The van der Waals surface area contributed by atoms with Crippen LogP contribution in [-0.4, -0.2) is 0 Å². The average molecular weight is 248 g/mol. The fraction of sp³-hybridized carbons (Fsp3) is 0.722. The van der Waals surface area contributed by atoms with Gasteiger partial charge in [0.05, 0.1) is 0 Å². The van der Waals surface area contributed by atoms with Gasteiger partial charge in [0.1, 0.15) is 0 Å². The van der Waals surface area contributed by atoms with Crippen LogP contribution < -0.4 is 0 Å². The number of rotatable bonds is 11. The van der Waals surface area contributed by atoms with Crippen molar-refractivity contribution in [2.24, 2.45) is 5.92 Å². The fourth-order valence-corrected chi connectivity index (χ4v) is 1.88. The van der Waals surface area contributed by atoms with E-state index in [1.54, 1.807) is 0 Å². The smallest absolute Gasteiger partial charge is 0.0262 e. The van der Waals surface area contributed by atoms with Gasteiger partial charge in [-0.3, -0.25) is 0 Å². The van der Waals surface area contributed by atoms with E-state index in [2.05, 4.69) is 50.8 Å². The molecule has 0 fully saturated rings. The van der Waals surface area contributed by atoms with Crippen LogP contribution in [0.3, 0.4) is 0 Å². The average Bonchev–Trinajstić information content (AvgIpc) is 2.37. The molecule has 0 aromatic rings. The lowest BCUT2D eigenvalue weighted by Gasteiger charge is -2.03. The number of allylic oxidation sites excluding steroid dienone is 3. The first-order chi connectivity index (χ1) is 8.81.